The summed E-state index contributed by atoms with van der Waals surface area (Å²) in [7, 11) is -2.90. The van der Waals surface area contributed by atoms with Gasteiger partial charge in [0.2, 0.25) is 0 Å². The second kappa shape index (κ2) is 5.49. The highest BCUT2D eigenvalue weighted by Crippen LogP contribution is 2.19. The van der Waals surface area contributed by atoms with Gasteiger partial charge < -0.3 is 5.32 Å². The Hall–Kier alpha value is -1.48. The lowest BCUT2D eigenvalue weighted by Crippen LogP contribution is -2.52. The van der Waals surface area contributed by atoms with Gasteiger partial charge in [0.25, 0.3) is 5.91 Å². The van der Waals surface area contributed by atoms with Gasteiger partial charge in [-0.1, -0.05) is 10.8 Å². The number of hydrogen-bond donors (Lipinski definition) is 1. The molecule has 1 N–H and O–H groups in total. The van der Waals surface area contributed by atoms with Gasteiger partial charge in [-0.05, 0) is 12.5 Å². The Bertz CT molecular complexity index is 607. The molecule has 2 heterocycles. The molecule has 0 radical (unpaired) electrons. The first-order valence-electron chi connectivity index (χ1n) is 6.32. The predicted octanol–water partition coefficient (Wildman–Crippen LogP) is -0.142. The van der Waals surface area contributed by atoms with Gasteiger partial charge >= 0.3 is 10.4 Å². The minimum Gasteiger partial charge on any atom is -0.350 e. The fourth-order valence-electron chi connectivity index (χ4n) is 2.07. The Kier molecular flexibility index (Phi) is 4.09. The minimum atomic E-state index is -4.59. The van der Waals surface area contributed by atoms with E-state index < -0.39 is 10.4 Å². The summed E-state index contributed by atoms with van der Waals surface area (Å²) in [4.78, 5) is 11.9. The van der Waals surface area contributed by atoms with Crippen LogP contribution in [0.2, 0.25) is 0 Å². The van der Waals surface area contributed by atoms with Crippen molar-refractivity contribution < 1.29 is 17.1 Å². The van der Waals surface area contributed by atoms with Crippen LogP contribution in [0.25, 0.3) is 0 Å². The number of aromatic nitrogens is 2. The van der Waals surface area contributed by atoms with Gasteiger partial charge in [-0.3, -0.25) is 9.48 Å². The quantitative estimate of drug-likeness (QED) is 0.767. The molecule has 0 spiro atoms. The van der Waals surface area contributed by atoms with E-state index in [0.29, 0.717) is 12.2 Å². The van der Waals surface area contributed by atoms with E-state index >= 15 is 0 Å². The van der Waals surface area contributed by atoms with E-state index in [1.807, 2.05) is 6.92 Å². The van der Waals surface area contributed by atoms with Crippen molar-refractivity contribution in [2.45, 2.75) is 13.3 Å². The molecule has 1 fully saturated rings. The lowest BCUT2D eigenvalue weighted by Gasteiger charge is -2.35. The molecule has 2 rings (SSSR count). The number of halogens is 1. The van der Waals surface area contributed by atoms with Crippen LogP contribution >= 0.6 is 0 Å². The first kappa shape index (κ1) is 14.9. The lowest BCUT2D eigenvalue weighted by molar-refractivity contribution is 0.0919. The molecule has 9 heteroatoms. The lowest BCUT2D eigenvalue weighted by atomic mass is 10.0. The fourth-order valence-corrected chi connectivity index (χ4v) is 2.85. The van der Waals surface area contributed by atoms with Crippen LogP contribution in [-0.2, 0) is 23.9 Å². The smallest absolute Gasteiger partial charge is 0.350 e. The van der Waals surface area contributed by atoms with Crippen molar-refractivity contribution >= 4 is 16.3 Å². The highest BCUT2D eigenvalue weighted by Gasteiger charge is 2.35. The second-order valence-electron chi connectivity index (χ2n) is 4.83. The van der Waals surface area contributed by atoms with Crippen molar-refractivity contribution in [1.82, 2.24) is 19.4 Å². The molecule has 1 aliphatic rings. The number of nitrogens with one attached hydrogen (secondary N) is 1. The maximum atomic E-state index is 12.6. The van der Waals surface area contributed by atoms with Crippen molar-refractivity contribution in [3.8, 4) is 0 Å². The third kappa shape index (κ3) is 3.15. The molecule has 1 amide bonds. The standard InChI is InChI=1S/C11H17FN4O3S/c1-3-9-4-10(15(2)14-9)11(17)13-5-8-6-16(7-8)20(12,18)19/h4,8H,3,5-7H2,1-2H3,(H,13,17). The van der Waals surface area contributed by atoms with Crippen molar-refractivity contribution in [3.05, 3.63) is 17.5 Å². The zero-order valence-corrected chi connectivity index (χ0v) is 12.2. The van der Waals surface area contributed by atoms with E-state index in [0.717, 1.165) is 16.4 Å². The summed E-state index contributed by atoms with van der Waals surface area (Å²) in [5.74, 6) is -0.315. The molecule has 20 heavy (non-hydrogen) atoms. The summed E-state index contributed by atoms with van der Waals surface area (Å²) >= 11 is 0. The zero-order valence-electron chi connectivity index (χ0n) is 11.3. The van der Waals surface area contributed by atoms with Gasteiger partial charge in [0.05, 0.1) is 5.69 Å². The molecule has 0 aliphatic carbocycles. The molecule has 1 aromatic rings. The van der Waals surface area contributed by atoms with E-state index in [2.05, 4.69) is 10.4 Å². The average molecular weight is 304 g/mol. The Morgan fingerprint density at radius 3 is 2.70 bits per heavy atom. The molecule has 7 nitrogen and oxygen atoms in total. The van der Waals surface area contributed by atoms with Crippen molar-refractivity contribution in [2.24, 2.45) is 13.0 Å². The van der Waals surface area contributed by atoms with E-state index in [9.17, 15) is 17.1 Å². The molecule has 1 saturated heterocycles. The summed E-state index contributed by atoms with van der Waals surface area (Å²) in [5, 5.41) is 6.88. The SMILES string of the molecule is CCc1cc(C(=O)NCC2CN(S(=O)(=O)F)C2)n(C)n1. The predicted molar refractivity (Wildman–Crippen MR) is 70.0 cm³/mol. The van der Waals surface area contributed by atoms with E-state index in [4.69, 9.17) is 0 Å². The zero-order chi connectivity index (χ0) is 14.9. The van der Waals surface area contributed by atoms with Crippen LogP contribution in [-0.4, -0.2) is 48.0 Å². The Morgan fingerprint density at radius 1 is 1.55 bits per heavy atom. The molecule has 112 valence electrons. The highest BCUT2D eigenvalue weighted by atomic mass is 32.3. The number of amides is 1. The van der Waals surface area contributed by atoms with Crippen LogP contribution in [0.4, 0.5) is 3.89 Å². The van der Waals surface area contributed by atoms with Gasteiger partial charge in [0.15, 0.2) is 0 Å². The molecular weight excluding hydrogens is 287 g/mol. The number of aryl methyl sites for hydroxylation is 2. The number of hydrogen-bond acceptors (Lipinski definition) is 4. The molecule has 0 saturated carbocycles. The summed E-state index contributed by atoms with van der Waals surface area (Å²) in [6, 6.07) is 1.72. The van der Waals surface area contributed by atoms with E-state index in [-0.39, 0.29) is 24.9 Å². The molecule has 0 unspecified atom stereocenters. The normalized spacial score (nSPS) is 16.9. The molecule has 1 aromatic heterocycles. The van der Waals surface area contributed by atoms with Gasteiger partial charge in [-0.25, -0.2) is 0 Å². The van der Waals surface area contributed by atoms with Crippen LogP contribution in [0.3, 0.4) is 0 Å². The van der Waals surface area contributed by atoms with Crippen LogP contribution < -0.4 is 5.32 Å². The highest BCUT2D eigenvalue weighted by molar-refractivity contribution is 7.84. The summed E-state index contributed by atoms with van der Waals surface area (Å²) < 4.78 is 35.9. The van der Waals surface area contributed by atoms with Crippen LogP contribution in [0, 0.1) is 5.92 Å². The van der Waals surface area contributed by atoms with Crippen molar-refractivity contribution in [2.75, 3.05) is 19.6 Å². The van der Waals surface area contributed by atoms with Crippen molar-refractivity contribution in [3.63, 3.8) is 0 Å². The number of carbonyl (C=O) groups excluding carboxylic acids is 1. The van der Waals surface area contributed by atoms with Gasteiger partial charge in [-0.2, -0.15) is 17.8 Å². The maximum absolute atomic E-state index is 12.6. The summed E-state index contributed by atoms with van der Waals surface area (Å²) in [5.41, 5.74) is 1.28. The third-order valence-corrected chi connectivity index (χ3v) is 4.22. The minimum absolute atomic E-state index is 0.0525. The van der Waals surface area contributed by atoms with Gasteiger partial charge in [-0.15, -0.1) is 0 Å². The first-order chi connectivity index (χ1) is 9.31. The average Bonchev–Trinajstić information content (AvgIpc) is 2.66. The summed E-state index contributed by atoms with van der Waals surface area (Å²) in [6.07, 6.45) is 0.743. The third-order valence-electron chi connectivity index (χ3n) is 3.31. The molecular formula is C11H17FN4O3S. The van der Waals surface area contributed by atoms with Crippen LogP contribution in [0.15, 0.2) is 6.07 Å². The molecule has 1 aliphatic heterocycles. The molecule has 0 atom stereocenters. The van der Waals surface area contributed by atoms with Crippen molar-refractivity contribution in [1.29, 1.82) is 0 Å². The van der Waals surface area contributed by atoms with Crippen LogP contribution in [0.5, 0.6) is 0 Å². The Labute approximate surface area is 117 Å². The monoisotopic (exact) mass is 304 g/mol. The van der Waals surface area contributed by atoms with E-state index in [1.165, 1.54) is 4.68 Å². The Morgan fingerprint density at radius 2 is 2.20 bits per heavy atom. The molecule has 0 bridgehead atoms. The van der Waals surface area contributed by atoms with Gasteiger partial charge in [0.1, 0.15) is 5.69 Å². The topological polar surface area (TPSA) is 84.3 Å². The number of carbonyl (C=O) groups is 1. The molecule has 0 aromatic carbocycles. The van der Waals surface area contributed by atoms with E-state index in [1.54, 1.807) is 13.1 Å². The summed E-state index contributed by atoms with van der Waals surface area (Å²) in [6.45, 7) is 2.47. The number of rotatable bonds is 5. The fraction of sp³-hybridized carbons (Fsp3) is 0.636. The Balaban J connectivity index is 1.83. The first-order valence-corrected chi connectivity index (χ1v) is 7.66. The maximum Gasteiger partial charge on any atom is 0.374 e. The van der Waals surface area contributed by atoms with Crippen LogP contribution in [0.1, 0.15) is 23.1 Å². The number of nitrogens with zero attached hydrogens (tertiary/aromatic N) is 3. The van der Waals surface area contributed by atoms with Gasteiger partial charge in [0, 0.05) is 32.6 Å². The largest absolute Gasteiger partial charge is 0.374 e. The second-order valence-corrected chi connectivity index (χ2v) is 6.17.